The Morgan fingerprint density at radius 2 is 1.69 bits per heavy atom. The van der Waals surface area contributed by atoms with E-state index < -0.39 is 0 Å². The van der Waals surface area contributed by atoms with Crippen molar-refractivity contribution in [3.8, 4) is 0 Å². The van der Waals surface area contributed by atoms with Gasteiger partial charge in [0.2, 0.25) is 0 Å². The van der Waals surface area contributed by atoms with Gasteiger partial charge in [-0.15, -0.1) is 0 Å². The Labute approximate surface area is 80.4 Å². The molecule has 13 heavy (non-hydrogen) atoms. The minimum absolute atomic E-state index is 1.01. The van der Waals surface area contributed by atoms with Crippen molar-refractivity contribution >= 4 is 0 Å². The predicted molar refractivity (Wildman–Crippen MR) is 53.1 cm³/mol. The molecule has 0 N–H and O–H groups in total. The fourth-order valence-electron chi connectivity index (χ4n) is 5.35. The molecule has 0 aromatic rings. The third-order valence-corrected chi connectivity index (χ3v) is 5.60. The average molecular weight is 174 g/mol. The molecule has 4 rings (SSSR count). The van der Waals surface area contributed by atoms with Gasteiger partial charge in [0.1, 0.15) is 0 Å². The standard InChI is InChI=1S/C13H18/c1-7-4-10-6-11(7)13-9-3-2-8(5-9)12(10)13/h2-3,7-13H,4-6H2,1H3/t7-,8-,9?,10?,11+,12?,13?/m0/s1. The van der Waals surface area contributed by atoms with Gasteiger partial charge in [-0.3, -0.25) is 0 Å². The summed E-state index contributed by atoms with van der Waals surface area (Å²) in [4.78, 5) is 0. The third kappa shape index (κ3) is 0.671. The van der Waals surface area contributed by atoms with Gasteiger partial charge in [0.25, 0.3) is 0 Å². The number of hydrogen-bond donors (Lipinski definition) is 0. The highest BCUT2D eigenvalue weighted by molar-refractivity contribution is 5.20. The van der Waals surface area contributed by atoms with Crippen molar-refractivity contribution in [3.63, 3.8) is 0 Å². The van der Waals surface area contributed by atoms with Gasteiger partial charge in [0.05, 0.1) is 0 Å². The number of fused-ring (bicyclic) bond motifs is 9. The van der Waals surface area contributed by atoms with Crippen LogP contribution in [0.2, 0.25) is 0 Å². The zero-order valence-electron chi connectivity index (χ0n) is 8.32. The molecule has 7 atom stereocenters. The summed E-state index contributed by atoms with van der Waals surface area (Å²) in [7, 11) is 0. The highest BCUT2D eigenvalue weighted by atomic mass is 14.6. The number of allylic oxidation sites excluding steroid dienone is 2. The van der Waals surface area contributed by atoms with Crippen molar-refractivity contribution in [1.29, 1.82) is 0 Å². The molecule has 4 aliphatic carbocycles. The van der Waals surface area contributed by atoms with E-state index in [4.69, 9.17) is 0 Å². The van der Waals surface area contributed by atoms with Crippen molar-refractivity contribution in [2.75, 3.05) is 0 Å². The van der Waals surface area contributed by atoms with Gasteiger partial charge in [-0.2, -0.15) is 0 Å². The Morgan fingerprint density at radius 1 is 0.923 bits per heavy atom. The lowest BCUT2D eigenvalue weighted by atomic mass is 9.70. The molecular weight excluding hydrogens is 156 g/mol. The minimum Gasteiger partial charge on any atom is -0.0848 e. The van der Waals surface area contributed by atoms with Crippen molar-refractivity contribution < 1.29 is 0 Å². The molecule has 0 aromatic heterocycles. The van der Waals surface area contributed by atoms with E-state index in [0.717, 1.165) is 41.4 Å². The van der Waals surface area contributed by atoms with E-state index in [2.05, 4.69) is 19.1 Å². The second-order valence-electron chi connectivity index (χ2n) is 5.98. The maximum Gasteiger partial charge on any atom is -0.0194 e. The van der Waals surface area contributed by atoms with Crippen molar-refractivity contribution in [3.05, 3.63) is 12.2 Å². The van der Waals surface area contributed by atoms with Crippen LogP contribution in [0.3, 0.4) is 0 Å². The number of rotatable bonds is 0. The lowest BCUT2D eigenvalue weighted by molar-refractivity contribution is 0.160. The molecule has 0 radical (unpaired) electrons. The van der Waals surface area contributed by atoms with Crippen LogP contribution in [-0.4, -0.2) is 0 Å². The third-order valence-electron chi connectivity index (χ3n) is 5.60. The fourth-order valence-corrected chi connectivity index (χ4v) is 5.35. The smallest absolute Gasteiger partial charge is 0.0194 e. The van der Waals surface area contributed by atoms with Crippen molar-refractivity contribution in [2.24, 2.45) is 41.4 Å². The fraction of sp³-hybridized carbons (Fsp3) is 0.846. The molecule has 0 saturated heterocycles. The summed E-state index contributed by atoms with van der Waals surface area (Å²) >= 11 is 0. The van der Waals surface area contributed by atoms with Crippen molar-refractivity contribution in [2.45, 2.75) is 26.2 Å². The first kappa shape index (κ1) is 7.09. The molecule has 0 aromatic carbocycles. The van der Waals surface area contributed by atoms with Crippen LogP contribution in [0.1, 0.15) is 26.2 Å². The molecule has 0 heteroatoms. The Morgan fingerprint density at radius 3 is 2.54 bits per heavy atom. The van der Waals surface area contributed by atoms with Gasteiger partial charge in [-0.05, 0) is 60.7 Å². The first-order chi connectivity index (χ1) is 6.34. The van der Waals surface area contributed by atoms with E-state index in [1.54, 1.807) is 12.8 Å². The van der Waals surface area contributed by atoms with Crippen LogP contribution in [0, 0.1) is 41.4 Å². The SMILES string of the molecule is C[C@H]1CC2C[C@H]1C1C3C=C[C@@H](C3)C21. The molecule has 0 spiro atoms. The summed E-state index contributed by atoms with van der Waals surface area (Å²) < 4.78 is 0. The zero-order valence-corrected chi connectivity index (χ0v) is 8.32. The molecule has 3 fully saturated rings. The van der Waals surface area contributed by atoms with Crippen LogP contribution in [0.5, 0.6) is 0 Å². The Kier molecular flexibility index (Phi) is 1.11. The summed E-state index contributed by atoms with van der Waals surface area (Å²) in [5.41, 5.74) is 0. The summed E-state index contributed by atoms with van der Waals surface area (Å²) in [6.45, 7) is 2.50. The summed E-state index contributed by atoms with van der Waals surface area (Å²) in [5, 5.41) is 0. The van der Waals surface area contributed by atoms with E-state index in [1.807, 2.05) is 0 Å². The molecule has 4 bridgehead atoms. The molecule has 0 nitrogen and oxygen atoms in total. The van der Waals surface area contributed by atoms with E-state index in [-0.39, 0.29) is 0 Å². The Hall–Kier alpha value is -0.260. The highest BCUT2D eigenvalue weighted by Gasteiger charge is 2.59. The molecule has 0 aliphatic heterocycles. The van der Waals surface area contributed by atoms with Gasteiger partial charge in [-0.1, -0.05) is 19.1 Å². The molecule has 4 unspecified atom stereocenters. The zero-order chi connectivity index (χ0) is 8.58. The van der Waals surface area contributed by atoms with Gasteiger partial charge >= 0.3 is 0 Å². The molecule has 0 amide bonds. The summed E-state index contributed by atoms with van der Waals surface area (Å²) in [5.74, 6) is 7.59. The van der Waals surface area contributed by atoms with E-state index in [0.29, 0.717) is 0 Å². The van der Waals surface area contributed by atoms with Gasteiger partial charge < -0.3 is 0 Å². The molecule has 0 heterocycles. The van der Waals surface area contributed by atoms with E-state index in [9.17, 15) is 0 Å². The predicted octanol–water partition coefficient (Wildman–Crippen LogP) is 3.10. The second kappa shape index (κ2) is 2.04. The quantitative estimate of drug-likeness (QED) is 0.391. The largest absolute Gasteiger partial charge is 0.0848 e. The lowest BCUT2D eigenvalue weighted by Crippen LogP contribution is -2.29. The number of hydrogen-bond acceptors (Lipinski definition) is 0. The Bertz CT molecular complexity index is 278. The van der Waals surface area contributed by atoms with Crippen LogP contribution in [0.4, 0.5) is 0 Å². The van der Waals surface area contributed by atoms with Crippen LogP contribution in [0.25, 0.3) is 0 Å². The Balaban J connectivity index is 1.79. The maximum absolute atomic E-state index is 2.54. The van der Waals surface area contributed by atoms with Crippen LogP contribution in [-0.2, 0) is 0 Å². The van der Waals surface area contributed by atoms with Crippen LogP contribution >= 0.6 is 0 Å². The molecule has 70 valence electrons. The topological polar surface area (TPSA) is 0 Å². The molecular formula is C13H18. The highest BCUT2D eigenvalue weighted by Crippen LogP contribution is 2.66. The van der Waals surface area contributed by atoms with Gasteiger partial charge in [0, 0.05) is 0 Å². The molecule has 3 saturated carbocycles. The van der Waals surface area contributed by atoms with Crippen LogP contribution < -0.4 is 0 Å². The average Bonchev–Trinajstić information content (AvgIpc) is 2.78. The monoisotopic (exact) mass is 174 g/mol. The summed E-state index contributed by atoms with van der Waals surface area (Å²) in [6, 6.07) is 0. The first-order valence-corrected chi connectivity index (χ1v) is 6.03. The van der Waals surface area contributed by atoms with Gasteiger partial charge in [0.15, 0.2) is 0 Å². The van der Waals surface area contributed by atoms with E-state index >= 15 is 0 Å². The lowest BCUT2D eigenvalue weighted by Gasteiger charge is -2.35. The second-order valence-corrected chi connectivity index (χ2v) is 5.98. The molecule has 4 aliphatic rings. The van der Waals surface area contributed by atoms with Gasteiger partial charge in [-0.25, -0.2) is 0 Å². The van der Waals surface area contributed by atoms with Crippen LogP contribution in [0.15, 0.2) is 12.2 Å². The van der Waals surface area contributed by atoms with E-state index in [1.165, 1.54) is 6.42 Å². The summed E-state index contributed by atoms with van der Waals surface area (Å²) in [6.07, 6.45) is 9.75. The normalized spacial score (nSPS) is 66.4. The first-order valence-electron chi connectivity index (χ1n) is 6.03. The maximum atomic E-state index is 2.54. The minimum atomic E-state index is 1.01. The van der Waals surface area contributed by atoms with Crippen molar-refractivity contribution in [1.82, 2.24) is 0 Å².